The number of hydrogen-bond donors (Lipinski definition) is 2. The van der Waals surface area contributed by atoms with Crippen molar-refractivity contribution in [2.45, 2.75) is 32.6 Å². The molecule has 0 aromatic carbocycles. The van der Waals surface area contributed by atoms with Gasteiger partial charge in [-0.1, -0.05) is 12.1 Å². The van der Waals surface area contributed by atoms with Gasteiger partial charge in [0, 0.05) is 13.0 Å². The van der Waals surface area contributed by atoms with Gasteiger partial charge in [-0.15, -0.1) is 0 Å². The van der Waals surface area contributed by atoms with E-state index in [4.69, 9.17) is 10.9 Å². The minimum absolute atomic E-state index is 0.282. The molecule has 3 N–H and O–H groups in total. The summed E-state index contributed by atoms with van der Waals surface area (Å²) in [5.74, 6) is 0.372. The van der Waals surface area contributed by atoms with Crippen LogP contribution in [0.25, 0.3) is 0 Å². The van der Waals surface area contributed by atoms with Gasteiger partial charge in [-0.3, -0.25) is 0 Å². The molecule has 0 aromatic rings. The van der Waals surface area contributed by atoms with E-state index in [9.17, 15) is 0 Å². The van der Waals surface area contributed by atoms with E-state index in [1.54, 1.807) is 0 Å². The van der Waals surface area contributed by atoms with Gasteiger partial charge in [0.2, 0.25) is 0 Å². The van der Waals surface area contributed by atoms with E-state index in [-0.39, 0.29) is 5.41 Å². The lowest BCUT2D eigenvalue weighted by Gasteiger charge is -2.26. The standard InChI is InChI=1S/C13H28N4O/c1-4-17(9-5-8-16(2)3)11-13(6-7-13)10-12(14)15-18/h18H,4-11H2,1-3H3,(H2,14,15). The van der Waals surface area contributed by atoms with E-state index in [1.807, 2.05) is 0 Å². The van der Waals surface area contributed by atoms with E-state index in [1.165, 1.54) is 19.3 Å². The Balaban J connectivity index is 2.33. The second-order valence-electron chi connectivity index (χ2n) is 5.79. The van der Waals surface area contributed by atoms with Crippen molar-refractivity contribution in [2.24, 2.45) is 16.3 Å². The number of rotatable bonds is 9. The summed E-state index contributed by atoms with van der Waals surface area (Å²) in [6.45, 7) is 6.62. The number of oxime groups is 1. The molecule has 1 fully saturated rings. The monoisotopic (exact) mass is 256 g/mol. The van der Waals surface area contributed by atoms with Crippen LogP contribution in [-0.2, 0) is 0 Å². The van der Waals surface area contributed by atoms with Gasteiger partial charge in [0.25, 0.3) is 0 Å². The molecule has 0 heterocycles. The van der Waals surface area contributed by atoms with Crippen LogP contribution in [0.15, 0.2) is 5.16 Å². The van der Waals surface area contributed by atoms with Gasteiger partial charge in [0.15, 0.2) is 0 Å². The second kappa shape index (κ2) is 6.95. The zero-order valence-electron chi connectivity index (χ0n) is 12.0. The highest BCUT2D eigenvalue weighted by Gasteiger charge is 2.44. The average molecular weight is 256 g/mol. The van der Waals surface area contributed by atoms with Crippen LogP contribution in [0.2, 0.25) is 0 Å². The Morgan fingerprint density at radius 1 is 1.33 bits per heavy atom. The van der Waals surface area contributed by atoms with Crippen LogP contribution in [0.4, 0.5) is 0 Å². The van der Waals surface area contributed by atoms with Crippen LogP contribution in [0.5, 0.6) is 0 Å². The van der Waals surface area contributed by atoms with E-state index in [0.29, 0.717) is 5.84 Å². The predicted octanol–water partition coefficient (Wildman–Crippen LogP) is 1.18. The molecule has 0 aromatic heterocycles. The van der Waals surface area contributed by atoms with E-state index < -0.39 is 0 Å². The first-order valence-electron chi connectivity index (χ1n) is 6.85. The number of hydrogen-bond acceptors (Lipinski definition) is 4. The molecule has 5 heteroatoms. The largest absolute Gasteiger partial charge is 0.409 e. The molecular formula is C13H28N4O. The SMILES string of the molecule is CCN(CCCN(C)C)CC1(CC(N)=NO)CC1. The third-order valence-electron chi connectivity index (χ3n) is 3.73. The van der Waals surface area contributed by atoms with Gasteiger partial charge in [-0.2, -0.15) is 0 Å². The molecule has 0 radical (unpaired) electrons. The Bertz CT molecular complexity index is 274. The first-order valence-corrected chi connectivity index (χ1v) is 6.85. The van der Waals surface area contributed by atoms with Crippen LogP contribution in [0, 0.1) is 5.41 Å². The summed E-state index contributed by atoms with van der Waals surface area (Å²) in [6.07, 6.45) is 4.33. The topological polar surface area (TPSA) is 65.1 Å². The minimum Gasteiger partial charge on any atom is -0.409 e. The summed E-state index contributed by atoms with van der Waals surface area (Å²) < 4.78 is 0. The van der Waals surface area contributed by atoms with Crippen LogP contribution < -0.4 is 5.73 Å². The maximum Gasteiger partial charge on any atom is 0.139 e. The van der Waals surface area contributed by atoms with Crippen molar-refractivity contribution in [3.05, 3.63) is 0 Å². The van der Waals surface area contributed by atoms with Gasteiger partial charge >= 0.3 is 0 Å². The smallest absolute Gasteiger partial charge is 0.139 e. The van der Waals surface area contributed by atoms with Crippen LogP contribution >= 0.6 is 0 Å². The van der Waals surface area contributed by atoms with Crippen LogP contribution in [0.1, 0.15) is 32.6 Å². The van der Waals surface area contributed by atoms with Crippen LogP contribution in [-0.4, -0.2) is 61.1 Å². The van der Waals surface area contributed by atoms with Gasteiger partial charge < -0.3 is 20.7 Å². The molecule has 18 heavy (non-hydrogen) atoms. The molecule has 1 aliphatic carbocycles. The Hall–Kier alpha value is -0.810. The van der Waals surface area contributed by atoms with Crippen molar-refractivity contribution in [3.63, 3.8) is 0 Å². The molecule has 0 unspecified atom stereocenters. The maximum absolute atomic E-state index is 8.66. The van der Waals surface area contributed by atoms with Gasteiger partial charge in [0.1, 0.15) is 5.84 Å². The highest BCUT2D eigenvalue weighted by molar-refractivity contribution is 5.80. The third kappa shape index (κ3) is 5.23. The second-order valence-corrected chi connectivity index (χ2v) is 5.79. The van der Waals surface area contributed by atoms with Crippen LogP contribution in [0.3, 0.4) is 0 Å². The number of amidine groups is 1. The molecule has 1 aliphatic rings. The molecule has 0 bridgehead atoms. The maximum atomic E-state index is 8.66. The Morgan fingerprint density at radius 2 is 2.00 bits per heavy atom. The molecule has 0 spiro atoms. The summed E-state index contributed by atoms with van der Waals surface area (Å²) in [6, 6.07) is 0. The van der Waals surface area contributed by atoms with E-state index in [2.05, 4.69) is 36.0 Å². The lowest BCUT2D eigenvalue weighted by atomic mass is 10.0. The van der Waals surface area contributed by atoms with Crippen molar-refractivity contribution in [2.75, 3.05) is 40.3 Å². The quantitative estimate of drug-likeness (QED) is 0.281. The molecule has 1 saturated carbocycles. The zero-order valence-corrected chi connectivity index (χ0v) is 12.0. The third-order valence-corrected chi connectivity index (χ3v) is 3.73. The Labute approximate surface area is 111 Å². The predicted molar refractivity (Wildman–Crippen MR) is 75.0 cm³/mol. The molecule has 0 aliphatic heterocycles. The first-order chi connectivity index (χ1) is 8.51. The molecular weight excluding hydrogens is 228 g/mol. The van der Waals surface area contributed by atoms with E-state index in [0.717, 1.165) is 32.6 Å². The summed E-state index contributed by atoms with van der Waals surface area (Å²) in [5.41, 5.74) is 5.91. The summed E-state index contributed by atoms with van der Waals surface area (Å²) in [7, 11) is 4.22. The highest BCUT2D eigenvalue weighted by Crippen LogP contribution is 2.49. The fraction of sp³-hybridized carbons (Fsp3) is 0.923. The highest BCUT2D eigenvalue weighted by atomic mass is 16.4. The van der Waals surface area contributed by atoms with Crippen molar-refractivity contribution in [1.29, 1.82) is 0 Å². The number of nitrogens with two attached hydrogens (primary N) is 1. The minimum atomic E-state index is 0.282. The molecule has 0 atom stereocenters. The molecule has 106 valence electrons. The summed E-state index contributed by atoms with van der Waals surface area (Å²) in [5, 5.41) is 11.8. The molecule has 0 amide bonds. The summed E-state index contributed by atoms with van der Waals surface area (Å²) in [4.78, 5) is 4.71. The van der Waals surface area contributed by atoms with Crippen molar-refractivity contribution < 1.29 is 5.21 Å². The molecule has 1 rings (SSSR count). The van der Waals surface area contributed by atoms with Crippen molar-refractivity contribution in [1.82, 2.24) is 9.80 Å². The van der Waals surface area contributed by atoms with Gasteiger partial charge in [-0.05, 0) is 58.4 Å². The number of nitrogens with zero attached hydrogens (tertiary/aromatic N) is 3. The fourth-order valence-electron chi connectivity index (χ4n) is 2.42. The zero-order chi connectivity index (χ0) is 13.6. The van der Waals surface area contributed by atoms with Crippen molar-refractivity contribution in [3.8, 4) is 0 Å². The first kappa shape index (κ1) is 15.2. The average Bonchev–Trinajstić information content (AvgIpc) is 3.07. The fourth-order valence-corrected chi connectivity index (χ4v) is 2.42. The summed E-state index contributed by atoms with van der Waals surface area (Å²) >= 11 is 0. The van der Waals surface area contributed by atoms with Gasteiger partial charge in [-0.25, -0.2) is 0 Å². The Kier molecular flexibility index (Phi) is 5.88. The van der Waals surface area contributed by atoms with Crippen molar-refractivity contribution >= 4 is 5.84 Å². The Morgan fingerprint density at radius 3 is 2.44 bits per heavy atom. The van der Waals surface area contributed by atoms with Gasteiger partial charge in [0.05, 0.1) is 0 Å². The normalized spacial score (nSPS) is 18.6. The van der Waals surface area contributed by atoms with E-state index >= 15 is 0 Å². The lowest BCUT2D eigenvalue weighted by Crippen LogP contribution is -2.34. The lowest BCUT2D eigenvalue weighted by molar-refractivity contribution is 0.219. The molecule has 0 saturated heterocycles. The molecule has 5 nitrogen and oxygen atoms in total.